The Kier molecular flexibility index (Phi) is 6.30. The standard InChI is InChI=1S/C25H28FN5O3/c26-18-2-1-3-21(14-18)34-24-28-22(29-30-24)23(33)27-19-6-4-17(5-7-19)16-31-12-10-25(11-13-31)9-8-20(32)15-25/h1-7,14,20,32H,8-13,15-16H2,(H,27,33)(H,28,29,30). The third-order valence-corrected chi connectivity index (χ3v) is 6.90. The monoisotopic (exact) mass is 465 g/mol. The van der Waals surface area contributed by atoms with Crippen LogP contribution in [0, 0.1) is 11.2 Å². The maximum absolute atomic E-state index is 13.3. The Morgan fingerprint density at radius 2 is 1.97 bits per heavy atom. The topological polar surface area (TPSA) is 103 Å². The number of aliphatic hydroxyl groups is 1. The molecule has 34 heavy (non-hydrogen) atoms. The van der Waals surface area contributed by atoms with Gasteiger partial charge in [0.05, 0.1) is 6.10 Å². The molecule has 3 N–H and O–H groups in total. The fourth-order valence-electron chi connectivity index (χ4n) is 5.00. The van der Waals surface area contributed by atoms with E-state index < -0.39 is 11.7 Å². The van der Waals surface area contributed by atoms with Crippen LogP contribution < -0.4 is 10.1 Å². The van der Waals surface area contributed by atoms with Crippen LogP contribution in [0.25, 0.3) is 0 Å². The number of halogens is 1. The Balaban J connectivity index is 1.12. The molecule has 8 nitrogen and oxygen atoms in total. The van der Waals surface area contributed by atoms with Crippen molar-refractivity contribution in [3.8, 4) is 11.8 Å². The second kappa shape index (κ2) is 9.52. The van der Waals surface area contributed by atoms with Crippen LogP contribution in [-0.4, -0.2) is 50.3 Å². The molecule has 1 aliphatic heterocycles. The van der Waals surface area contributed by atoms with E-state index in [2.05, 4.69) is 25.4 Å². The molecule has 9 heteroatoms. The van der Waals surface area contributed by atoms with Crippen molar-refractivity contribution in [2.45, 2.75) is 44.8 Å². The fourth-order valence-corrected chi connectivity index (χ4v) is 5.00. The molecule has 1 saturated heterocycles. The van der Waals surface area contributed by atoms with Gasteiger partial charge in [0.2, 0.25) is 5.82 Å². The van der Waals surface area contributed by atoms with Gasteiger partial charge in [-0.15, -0.1) is 5.10 Å². The molecule has 2 heterocycles. The van der Waals surface area contributed by atoms with Gasteiger partial charge in [-0.3, -0.25) is 14.7 Å². The Morgan fingerprint density at radius 1 is 1.18 bits per heavy atom. The van der Waals surface area contributed by atoms with Crippen molar-refractivity contribution in [2.24, 2.45) is 5.41 Å². The number of ether oxygens (including phenoxy) is 1. The minimum atomic E-state index is -0.450. The zero-order valence-electron chi connectivity index (χ0n) is 18.8. The molecule has 1 saturated carbocycles. The van der Waals surface area contributed by atoms with E-state index in [1.807, 2.05) is 24.3 Å². The van der Waals surface area contributed by atoms with Crippen LogP contribution in [0.1, 0.15) is 48.3 Å². The number of carbonyl (C=O) groups excluding carboxylic acids is 1. The summed E-state index contributed by atoms with van der Waals surface area (Å²) >= 11 is 0. The fraction of sp³-hybridized carbons (Fsp3) is 0.400. The summed E-state index contributed by atoms with van der Waals surface area (Å²) < 4.78 is 18.7. The van der Waals surface area contributed by atoms with Crippen molar-refractivity contribution in [2.75, 3.05) is 18.4 Å². The molecular weight excluding hydrogens is 437 g/mol. The predicted octanol–water partition coefficient (Wildman–Crippen LogP) is 4.12. The Hall–Kier alpha value is -3.30. The second-order valence-electron chi connectivity index (χ2n) is 9.36. The number of aromatic nitrogens is 3. The molecule has 1 atom stereocenters. The molecular formula is C25H28FN5O3. The second-order valence-corrected chi connectivity index (χ2v) is 9.36. The van der Waals surface area contributed by atoms with Gasteiger partial charge in [-0.2, -0.15) is 0 Å². The maximum Gasteiger partial charge on any atom is 0.320 e. The van der Waals surface area contributed by atoms with Crippen LogP contribution in [0.15, 0.2) is 48.5 Å². The third kappa shape index (κ3) is 5.26. The minimum absolute atomic E-state index is 0.00141. The Labute approximate surface area is 197 Å². The quantitative estimate of drug-likeness (QED) is 0.506. The zero-order chi connectivity index (χ0) is 23.5. The molecule has 3 aromatic rings. The zero-order valence-corrected chi connectivity index (χ0v) is 18.8. The van der Waals surface area contributed by atoms with Crippen molar-refractivity contribution in [3.05, 3.63) is 65.7 Å². The first-order chi connectivity index (χ1) is 16.5. The molecule has 2 aliphatic rings. The number of nitrogens with one attached hydrogen (secondary N) is 2. The molecule has 5 rings (SSSR count). The predicted molar refractivity (Wildman–Crippen MR) is 124 cm³/mol. The number of hydrogen-bond acceptors (Lipinski definition) is 6. The summed E-state index contributed by atoms with van der Waals surface area (Å²) in [6.07, 6.45) is 5.25. The van der Waals surface area contributed by atoms with E-state index in [0.29, 0.717) is 11.1 Å². The van der Waals surface area contributed by atoms with Crippen LogP contribution in [0.5, 0.6) is 11.8 Å². The van der Waals surface area contributed by atoms with Crippen LogP contribution in [-0.2, 0) is 6.54 Å². The van der Waals surface area contributed by atoms with Crippen molar-refractivity contribution < 1.29 is 19.0 Å². The van der Waals surface area contributed by atoms with Crippen LogP contribution >= 0.6 is 0 Å². The highest BCUT2D eigenvalue weighted by Gasteiger charge is 2.40. The van der Waals surface area contributed by atoms with Gasteiger partial charge in [0.1, 0.15) is 11.6 Å². The number of carbonyl (C=O) groups is 1. The van der Waals surface area contributed by atoms with E-state index in [9.17, 15) is 14.3 Å². The van der Waals surface area contributed by atoms with Crippen LogP contribution in [0.4, 0.5) is 10.1 Å². The molecule has 0 radical (unpaired) electrons. The Morgan fingerprint density at radius 3 is 2.68 bits per heavy atom. The van der Waals surface area contributed by atoms with E-state index in [1.165, 1.54) is 23.8 Å². The van der Waals surface area contributed by atoms with Gasteiger partial charge in [0.25, 0.3) is 5.91 Å². The number of anilines is 1. The van der Waals surface area contributed by atoms with Crippen molar-refractivity contribution in [1.29, 1.82) is 0 Å². The van der Waals surface area contributed by atoms with Gasteiger partial charge in [-0.05, 0) is 80.4 Å². The molecule has 1 amide bonds. The number of nitrogens with zero attached hydrogens (tertiary/aromatic N) is 3. The van der Waals surface area contributed by atoms with Gasteiger partial charge in [0.15, 0.2) is 0 Å². The molecule has 1 aliphatic carbocycles. The summed E-state index contributed by atoms with van der Waals surface area (Å²) in [5.41, 5.74) is 2.19. The minimum Gasteiger partial charge on any atom is -0.424 e. The Bertz CT molecular complexity index is 1140. The van der Waals surface area contributed by atoms with Gasteiger partial charge >= 0.3 is 6.01 Å². The molecule has 2 fully saturated rings. The summed E-state index contributed by atoms with van der Waals surface area (Å²) in [5, 5.41) is 20.3. The maximum atomic E-state index is 13.3. The van der Waals surface area contributed by atoms with Crippen molar-refractivity contribution in [3.63, 3.8) is 0 Å². The number of hydrogen-bond donors (Lipinski definition) is 3. The molecule has 1 spiro atoms. The van der Waals surface area contributed by atoms with Crippen LogP contribution in [0.3, 0.4) is 0 Å². The number of benzene rings is 2. The number of likely N-dealkylation sites (tertiary alicyclic amines) is 1. The number of H-pyrrole nitrogens is 1. The lowest BCUT2D eigenvalue weighted by molar-refractivity contribution is 0.0849. The molecule has 0 bridgehead atoms. The SMILES string of the molecule is O=C(Nc1ccc(CN2CCC3(CCC(O)C3)CC2)cc1)c1nnc(Oc2cccc(F)c2)[nH]1. The van der Waals surface area contributed by atoms with E-state index >= 15 is 0 Å². The lowest BCUT2D eigenvalue weighted by atomic mass is 9.77. The molecule has 1 unspecified atom stereocenters. The number of piperidine rings is 1. The van der Waals surface area contributed by atoms with E-state index in [-0.39, 0.29) is 23.7 Å². The molecule has 2 aromatic carbocycles. The smallest absolute Gasteiger partial charge is 0.320 e. The van der Waals surface area contributed by atoms with Gasteiger partial charge in [-0.25, -0.2) is 4.39 Å². The number of aromatic amines is 1. The highest BCUT2D eigenvalue weighted by Crippen LogP contribution is 2.46. The molecule has 1 aromatic heterocycles. The average molecular weight is 466 g/mol. The van der Waals surface area contributed by atoms with E-state index in [4.69, 9.17) is 4.74 Å². The highest BCUT2D eigenvalue weighted by atomic mass is 19.1. The van der Waals surface area contributed by atoms with Crippen molar-refractivity contribution in [1.82, 2.24) is 20.1 Å². The summed E-state index contributed by atoms with van der Waals surface area (Å²) in [7, 11) is 0. The average Bonchev–Trinajstić information content (AvgIpc) is 3.44. The lowest BCUT2D eigenvalue weighted by Gasteiger charge is -2.39. The third-order valence-electron chi connectivity index (χ3n) is 6.90. The number of amides is 1. The van der Waals surface area contributed by atoms with Gasteiger partial charge < -0.3 is 15.2 Å². The van der Waals surface area contributed by atoms with E-state index in [0.717, 1.165) is 51.7 Å². The molecule has 178 valence electrons. The largest absolute Gasteiger partial charge is 0.424 e. The van der Waals surface area contributed by atoms with Gasteiger partial charge in [-0.1, -0.05) is 23.3 Å². The lowest BCUT2D eigenvalue weighted by Crippen LogP contribution is -2.38. The first-order valence-electron chi connectivity index (χ1n) is 11.6. The number of aliphatic hydroxyl groups excluding tert-OH is 1. The van der Waals surface area contributed by atoms with E-state index in [1.54, 1.807) is 6.07 Å². The summed E-state index contributed by atoms with van der Waals surface area (Å²) in [6.45, 7) is 2.98. The van der Waals surface area contributed by atoms with Crippen molar-refractivity contribution >= 4 is 11.6 Å². The first-order valence-corrected chi connectivity index (χ1v) is 11.6. The normalized spacial score (nSPS) is 19.9. The van der Waals surface area contributed by atoms with Gasteiger partial charge in [0, 0.05) is 18.3 Å². The van der Waals surface area contributed by atoms with Crippen LogP contribution in [0.2, 0.25) is 0 Å². The number of rotatable bonds is 6. The summed E-state index contributed by atoms with van der Waals surface area (Å²) in [5.74, 6) is -0.635. The summed E-state index contributed by atoms with van der Waals surface area (Å²) in [4.78, 5) is 17.6. The first kappa shape index (κ1) is 22.5. The summed E-state index contributed by atoms with van der Waals surface area (Å²) in [6, 6.07) is 13.4. The highest BCUT2D eigenvalue weighted by molar-refractivity contribution is 6.01.